The Bertz CT molecular complexity index is 308. The molecule has 1 rings (SSSR count). The van der Waals surface area contributed by atoms with Gasteiger partial charge in [0.05, 0.1) is 5.69 Å². The lowest BCUT2D eigenvalue weighted by Gasteiger charge is -2.00. The van der Waals surface area contributed by atoms with E-state index in [1.54, 1.807) is 4.68 Å². The summed E-state index contributed by atoms with van der Waals surface area (Å²) in [6.07, 6.45) is 2.60. The SMILES string of the molecule is C=C(C)CNCc1cn(CCCO)nn1. The van der Waals surface area contributed by atoms with Crippen LogP contribution in [0.4, 0.5) is 0 Å². The first kappa shape index (κ1) is 11.9. The summed E-state index contributed by atoms with van der Waals surface area (Å²) >= 11 is 0. The Hall–Kier alpha value is -1.20. The van der Waals surface area contributed by atoms with Crippen molar-refractivity contribution in [1.82, 2.24) is 20.3 Å². The van der Waals surface area contributed by atoms with Gasteiger partial charge in [0.1, 0.15) is 0 Å². The van der Waals surface area contributed by atoms with Crippen LogP contribution in [0.15, 0.2) is 18.3 Å². The fraction of sp³-hybridized carbons (Fsp3) is 0.600. The molecule has 0 radical (unpaired) electrons. The van der Waals surface area contributed by atoms with Gasteiger partial charge in [-0.15, -0.1) is 5.10 Å². The van der Waals surface area contributed by atoms with Gasteiger partial charge in [-0.3, -0.25) is 4.68 Å². The fourth-order valence-electron chi connectivity index (χ4n) is 1.17. The maximum absolute atomic E-state index is 8.65. The van der Waals surface area contributed by atoms with Crippen molar-refractivity contribution >= 4 is 0 Å². The first-order valence-electron chi connectivity index (χ1n) is 5.07. The monoisotopic (exact) mass is 210 g/mol. The van der Waals surface area contributed by atoms with Crippen LogP contribution in [0.2, 0.25) is 0 Å². The van der Waals surface area contributed by atoms with Crippen LogP contribution in [-0.4, -0.2) is 33.3 Å². The molecule has 15 heavy (non-hydrogen) atoms. The van der Waals surface area contributed by atoms with Crippen molar-refractivity contribution in [3.8, 4) is 0 Å². The number of aromatic nitrogens is 3. The van der Waals surface area contributed by atoms with Crippen LogP contribution in [0.1, 0.15) is 19.0 Å². The molecule has 0 aromatic carbocycles. The lowest BCUT2D eigenvalue weighted by atomic mass is 10.3. The second-order valence-corrected chi connectivity index (χ2v) is 3.61. The quantitative estimate of drug-likeness (QED) is 0.636. The number of hydrogen-bond acceptors (Lipinski definition) is 4. The summed E-state index contributed by atoms with van der Waals surface area (Å²) in [4.78, 5) is 0. The molecular weight excluding hydrogens is 192 g/mol. The molecule has 5 nitrogen and oxygen atoms in total. The van der Waals surface area contributed by atoms with E-state index in [2.05, 4.69) is 22.2 Å². The standard InChI is InChI=1S/C10H18N4O/c1-9(2)6-11-7-10-8-14(13-12-10)4-3-5-15/h8,11,15H,1,3-7H2,2H3. The number of aryl methyl sites for hydroxylation is 1. The lowest BCUT2D eigenvalue weighted by Crippen LogP contribution is -2.15. The molecule has 1 aromatic rings. The number of nitrogens with zero attached hydrogens (tertiary/aromatic N) is 3. The van der Waals surface area contributed by atoms with E-state index in [1.165, 1.54) is 0 Å². The summed E-state index contributed by atoms with van der Waals surface area (Å²) in [6, 6.07) is 0. The van der Waals surface area contributed by atoms with Gasteiger partial charge in [-0.05, 0) is 13.3 Å². The summed E-state index contributed by atoms with van der Waals surface area (Å²) in [5.74, 6) is 0. The Balaban J connectivity index is 2.29. The average Bonchev–Trinajstić information content (AvgIpc) is 2.62. The zero-order valence-corrected chi connectivity index (χ0v) is 9.11. The summed E-state index contributed by atoms with van der Waals surface area (Å²) < 4.78 is 1.74. The first-order valence-corrected chi connectivity index (χ1v) is 5.07. The molecule has 0 aliphatic heterocycles. The van der Waals surface area contributed by atoms with Crippen LogP contribution in [0, 0.1) is 0 Å². The Morgan fingerprint density at radius 3 is 3.13 bits per heavy atom. The third-order valence-electron chi connectivity index (χ3n) is 1.86. The van der Waals surface area contributed by atoms with E-state index in [1.807, 2.05) is 13.1 Å². The molecule has 0 atom stereocenters. The minimum Gasteiger partial charge on any atom is -0.396 e. The van der Waals surface area contributed by atoms with Gasteiger partial charge in [-0.1, -0.05) is 17.4 Å². The number of nitrogens with one attached hydrogen (secondary N) is 1. The third kappa shape index (κ3) is 4.71. The predicted molar refractivity (Wildman–Crippen MR) is 58.2 cm³/mol. The predicted octanol–water partition coefficient (Wildman–Crippen LogP) is 0.326. The van der Waals surface area contributed by atoms with Gasteiger partial charge < -0.3 is 10.4 Å². The molecular formula is C10H18N4O. The highest BCUT2D eigenvalue weighted by Crippen LogP contribution is 1.94. The molecule has 84 valence electrons. The normalized spacial score (nSPS) is 10.5. The molecule has 0 fully saturated rings. The summed E-state index contributed by atoms with van der Waals surface area (Å²) in [5, 5.41) is 19.8. The molecule has 5 heteroatoms. The van der Waals surface area contributed by atoms with Crippen LogP contribution in [0.3, 0.4) is 0 Å². The number of aliphatic hydroxyl groups is 1. The molecule has 1 aromatic heterocycles. The van der Waals surface area contributed by atoms with Crippen LogP contribution in [0.25, 0.3) is 0 Å². The second-order valence-electron chi connectivity index (χ2n) is 3.61. The van der Waals surface area contributed by atoms with Crippen molar-refractivity contribution in [2.45, 2.75) is 26.4 Å². The van der Waals surface area contributed by atoms with Crippen molar-refractivity contribution in [2.24, 2.45) is 0 Å². The van der Waals surface area contributed by atoms with Gasteiger partial charge in [0.2, 0.25) is 0 Å². The maximum atomic E-state index is 8.65. The largest absolute Gasteiger partial charge is 0.396 e. The van der Waals surface area contributed by atoms with E-state index in [0.29, 0.717) is 19.5 Å². The van der Waals surface area contributed by atoms with E-state index in [0.717, 1.165) is 17.8 Å². The van der Waals surface area contributed by atoms with Crippen molar-refractivity contribution in [2.75, 3.05) is 13.2 Å². The van der Waals surface area contributed by atoms with E-state index < -0.39 is 0 Å². The molecule has 0 amide bonds. The third-order valence-corrected chi connectivity index (χ3v) is 1.86. The Morgan fingerprint density at radius 2 is 2.47 bits per heavy atom. The highest BCUT2D eigenvalue weighted by molar-refractivity contribution is 4.95. The minimum atomic E-state index is 0.184. The molecule has 0 saturated carbocycles. The molecule has 0 aliphatic rings. The molecule has 1 heterocycles. The van der Waals surface area contributed by atoms with E-state index in [9.17, 15) is 0 Å². The molecule has 0 spiro atoms. The molecule has 0 unspecified atom stereocenters. The van der Waals surface area contributed by atoms with Crippen molar-refractivity contribution in [3.05, 3.63) is 24.0 Å². The number of hydrogen-bond donors (Lipinski definition) is 2. The molecule has 2 N–H and O–H groups in total. The van der Waals surface area contributed by atoms with Gasteiger partial charge >= 0.3 is 0 Å². The maximum Gasteiger partial charge on any atom is 0.0964 e. The Kier molecular flexibility index (Phi) is 5.00. The molecule has 0 bridgehead atoms. The average molecular weight is 210 g/mol. The molecule has 0 aliphatic carbocycles. The number of rotatable bonds is 7. The lowest BCUT2D eigenvalue weighted by molar-refractivity contribution is 0.276. The van der Waals surface area contributed by atoms with Crippen LogP contribution in [0.5, 0.6) is 0 Å². The van der Waals surface area contributed by atoms with Crippen molar-refractivity contribution < 1.29 is 5.11 Å². The molecule has 0 saturated heterocycles. The Labute approximate surface area is 89.8 Å². The second kappa shape index (κ2) is 6.31. The van der Waals surface area contributed by atoms with Crippen molar-refractivity contribution in [3.63, 3.8) is 0 Å². The van der Waals surface area contributed by atoms with Gasteiger partial charge in [0.15, 0.2) is 0 Å². The Morgan fingerprint density at radius 1 is 1.67 bits per heavy atom. The minimum absolute atomic E-state index is 0.184. The van der Waals surface area contributed by atoms with Crippen LogP contribution >= 0.6 is 0 Å². The van der Waals surface area contributed by atoms with E-state index in [-0.39, 0.29) is 6.61 Å². The summed E-state index contributed by atoms with van der Waals surface area (Å²) in [5.41, 5.74) is 2.01. The van der Waals surface area contributed by atoms with Gasteiger partial charge in [-0.2, -0.15) is 0 Å². The van der Waals surface area contributed by atoms with E-state index in [4.69, 9.17) is 5.11 Å². The van der Waals surface area contributed by atoms with Crippen LogP contribution in [-0.2, 0) is 13.1 Å². The smallest absolute Gasteiger partial charge is 0.0964 e. The highest BCUT2D eigenvalue weighted by atomic mass is 16.3. The highest BCUT2D eigenvalue weighted by Gasteiger charge is 1.99. The summed E-state index contributed by atoms with van der Waals surface area (Å²) in [6.45, 7) is 8.17. The van der Waals surface area contributed by atoms with Gasteiger partial charge in [0, 0.05) is 32.4 Å². The fourth-order valence-corrected chi connectivity index (χ4v) is 1.17. The first-order chi connectivity index (χ1) is 7.22. The number of aliphatic hydroxyl groups excluding tert-OH is 1. The van der Waals surface area contributed by atoms with Crippen LogP contribution < -0.4 is 5.32 Å². The van der Waals surface area contributed by atoms with Gasteiger partial charge in [0.25, 0.3) is 0 Å². The van der Waals surface area contributed by atoms with Gasteiger partial charge in [-0.25, -0.2) is 0 Å². The summed E-state index contributed by atoms with van der Waals surface area (Å²) in [7, 11) is 0. The zero-order valence-electron chi connectivity index (χ0n) is 9.11. The zero-order chi connectivity index (χ0) is 11.1. The van der Waals surface area contributed by atoms with Crippen molar-refractivity contribution in [1.29, 1.82) is 0 Å². The topological polar surface area (TPSA) is 63.0 Å². The van der Waals surface area contributed by atoms with E-state index >= 15 is 0 Å².